The Labute approximate surface area is 176 Å². The van der Waals surface area contributed by atoms with Crippen LogP contribution in [0.4, 0.5) is 9.52 Å². The van der Waals surface area contributed by atoms with Crippen molar-refractivity contribution in [2.24, 2.45) is 0 Å². The van der Waals surface area contributed by atoms with Gasteiger partial charge in [0.05, 0.1) is 29.0 Å². The molecule has 0 spiro atoms. The Morgan fingerprint density at radius 1 is 1.10 bits per heavy atom. The van der Waals surface area contributed by atoms with E-state index < -0.39 is 33.3 Å². The maximum absolute atomic E-state index is 12.9. The van der Waals surface area contributed by atoms with Crippen LogP contribution in [0.1, 0.15) is 16.8 Å². The van der Waals surface area contributed by atoms with Gasteiger partial charge >= 0.3 is 5.97 Å². The van der Waals surface area contributed by atoms with Crippen LogP contribution in [0.3, 0.4) is 0 Å². The van der Waals surface area contributed by atoms with Crippen molar-refractivity contribution < 1.29 is 27.1 Å². The third kappa shape index (κ3) is 5.28. The lowest BCUT2D eigenvalue weighted by Crippen LogP contribution is -2.17. The molecule has 0 aliphatic rings. The SMILES string of the molecule is COC(=O)c1ccc(-c2csc(NC(=O)CCS(=O)(=O)c3ccc(F)cc3)n2)cc1. The van der Waals surface area contributed by atoms with Crippen LogP contribution in [0, 0.1) is 5.82 Å². The third-order valence-corrected chi connectivity index (χ3v) is 6.61. The monoisotopic (exact) mass is 448 g/mol. The first kappa shape index (κ1) is 21.6. The first-order chi connectivity index (χ1) is 14.3. The van der Waals surface area contributed by atoms with Gasteiger partial charge in [0.25, 0.3) is 0 Å². The minimum atomic E-state index is -3.70. The maximum atomic E-state index is 12.9. The summed E-state index contributed by atoms with van der Waals surface area (Å²) in [6, 6.07) is 11.1. The molecule has 7 nitrogen and oxygen atoms in total. The largest absolute Gasteiger partial charge is 0.465 e. The molecule has 0 saturated heterocycles. The number of sulfone groups is 1. The Balaban J connectivity index is 1.59. The third-order valence-electron chi connectivity index (χ3n) is 4.12. The molecule has 1 aromatic heterocycles. The van der Waals surface area contributed by atoms with Gasteiger partial charge in [-0.3, -0.25) is 4.79 Å². The average molecular weight is 448 g/mol. The summed E-state index contributed by atoms with van der Waals surface area (Å²) < 4.78 is 42.1. The zero-order valence-corrected chi connectivity index (χ0v) is 17.4. The maximum Gasteiger partial charge on any atom is 0.337 e. The molecule has 3 aromatic rings. The summed E-state index contributed by atoms with van der Waals surface area (Å²) in [5.74, 6) is -1.88. The van der Waals surface area contributed by atoms with Crippen LogP contribution in [-0.4, -0.2) is 38.1 Å². The Hall–Kier alpha value is -3.11. The Morgan fingerprint density at radius 3 is 2.40 bits per heavy atom. The van der Waals surface area contributed by atoms with Gasteiger partial charge in [0, 0.05) is 17.4 Å². The first-order valence-corrected chi connectivity index (χ1v) is 11.2. The number of amides is 1. The van der Waals surface area contributed by atoms with Crippen LogP contribution in [-0.2, 0) is 19.4 Å². The number of halogens is 1. The summed E-state index contributed by atoms with van der Waals surface area (Å²) in [6.45, 7) is 0. The Kier molecular flexibility index (Phi) is 6.58. The summed E-state index contributed by atoms with van der Waals surface area (Å²) in [4.78, 5) is 27.9. The van der Waals surface area contributed by atoms with Crippen molar-refractivity contribution in [3.8, 4) is 11.3 Å². The van der Waals surface area contributed by atoms with Gasteiger partial charge in [-0.15, -0.1) is 11.3 Å². The van der Waals surface area contributed by atoms with Gasteiger partial charge in [0.1, 0.15) is 5.82 Å². The number of ether oxygens (including phenoxy) is 1. The number of nitrogens with zero attached hydrogens (tertiary/aromatic N) is 1. The second-order valence-corrected chi connectivity index (χ2v) is 9.15. The van der Waals surface area contributed by atoms with Crippen LogP contribution in [0.5, 0.6) is 0 Å². The predicted molar refractivity (Wildman–Crippen MR) is 111 cm³/mol. The summed E-state index contributed by atoms with van der Waals surface area (Å²) >= 11 is 1.19. The molecule has 0 fully saturated rings. The van der Waals surface area contributed by atoms with Crippen LogP contribution >= 0.6 is 11.3 Å². The summed E-state index contributed by atoms with van der Waals surface area (Å²) in [5, 5.41) is 4.63. The number of carbonyl (C=O) groups excluding carboxylic acids is 2. The quantitative estimate of drug-likeness (QED) is 0.438. The van der Waals surface area contributed by atoms with E-state index in [0.717, 1.165) is 17.7 Å². The lowest BCUT2D eigenvalue weighted by atomic mass is 10.1. The molecule has 0 atom stereocenters. The molecular formula is C20H17FN2O5S2. The topological polar surface area (TPSA) is 102 Å². The number of carbonyl (C=O) groups is 2. The van der Waals surface area contributed by atoms with E-state index in [-0.39, 0.29) is 11.3 Å². The molecule has 0 aliphatic carbocycles. The van der Waals surface area contributed by atoms with Crippen molar-refractivity contribution in [2.75, 3.05) is 18.2 Å². The fraction of sp³-hybridized carbons (Fsp3) is 0.150. The number of anilines is 1. The smallest absolute Gasteiger partial charge is 0.337 e. The molecule has 0 aliphatic heterocycles. The van der Waals surface area contributed by atoms with Crippen LogP contribution < -0.4 is 5.32 Å². The second kappa shape index (κ2) is 9.14. The van der Waals surface area contributed by atoms with E-state index in [0.29, 0.717) is 16.4 Å². The van der Waals surface area contributed by atoms with E-state index in [9.17, 15) is 22.4 Å². The van der Waals surface area contributed by atoms with Gasteiger partial charge in [0.15, 0.2) is 15.0 Å². The van der Waals surface area contributed by atoms with Crippen molar-refractivity contribution >= 4 is 38.2 Å². The average Bonchev–Trinajstić information content (AvgIpc) is 3.20. The number of esters is 1. The summed E-state index contributed by atoms with van der Waals surface area (Å²) in [7, 11) is -2.40. The molecule has 156 valence electrons. The molecule has 1 heterocycles. The highest BCUT2D eigenvalue weighted by Crippen LogP contribution is 2.25. The summed E-state index contributed by atoms with van der Waals surface area (Å²) in [6.07, 6.45) is -0.261. The van der Waals surface area contributed by atoms with Gasteiger partial charge in [-0.2, -0.15) is 0 Å². The number of hydrogen-bond donors (Lipinski definition) is 1. The van der Waals surface area contributed by atoms with E-state index in [1.165, 1.54) is 30.6 Å². The highest BCUT2D eigenvalue weighted by molar-refractivity contribution is 7.91. The molecule has 1 amide bonds. The minimum absolute atomic E-state index is 0.0383. The molecule has 0 radical (unpaired) electrons. The van der Waals surface area contributed by atoms with E-state index in [2.05, 4.69) is 15.0 Å². The normalized spacial score (nSPS) is 11.1. The van der Waals surface area contributed by atoms with Gasteiger partial charge in [-0.05, 0) is 36.4 Å². The zero-order valence-electron chi connectivity index (χ0n) is 15.8. The molecule has 2 aromatic carbocycles. The molecule has 1 N–H and O–H groups in total. The van der Waals surface area contributed by atoms with E-state index in [1.54, 1.807) is 29.6 Å². The van der Waals surface area contributed by atoms with Gasteiger partial charge in [0.2, 0.25) is 5.91 Å². The van der Waals surface area contributed by atoms with Crippen molar-refractivity contribution in [1.82, 2.24) is 4.98 Å². The number of aromatic nitrogens is 1. The fourth-order valence-corrected chi connectivity index (χ4v) is 4.50. The van der Waals surface area contributed by atoms with Crippen LogP contribution in [0.2, 0.25) is 0 Å². The molecule has 0 bridgehead atoms. The second-order valence-electron chi connectivity index (χ2n) is 6.18. The molecular weight excluding hydrogens is 431 g/mol. The fourth-order valence-electron chi connectivity index (χ4n) is 2.53. The molecule has 3 rings (SSSR count). The molecule has 0 saturated carbocycles. The van der Waals surface area contributed by atoms with Gasteiger partial charge < -0.3 is 10.1 Å². The molecule has 30 heavy (non-hydrogen) atoms. The van der Waals surface area contributed by atoms with E-state index in [1.807, 2.05) is 0 Å². The number of benzene rings is 2. The number of rotatable bonds is 7. The predicted octanol–water partition coefficient (Wildman–Crippen LogP) is 3.54. The number of methoxy groups -OCH3 is 1. The van der Waals surface area contributed by atoms with Crippen molar-refractivity contribution in [1.29, 1.82) is 0 Å². The molecule has 10 heteroatoms. The highest BCUT2D eigenvalue weighted by atomic mass is 32.2. The zero-order chi connectivity index (χ0) is 21.7. The van der Waals surface area contributed by atoms with Gasteiger partial charge in [-0.1, -0.05) is 12.1 Å². The van der Waals surface area contributed by atoms with E-state index in [4.69, 9.17) is 0 Å². The number of thiazole rings is 1. The number of nitrogens with one attached hydrogen (secondary N) is 1. The van der Waals surface area contributed by atoms with Crippen LogP contribution in [0.25, 0.3) is 11.3 Å². The Bertz CT molecular complexity index is 1160. The molecule has 0 unspecified atom stereocenters. The van der Waals surface area contributed by atoms with Crippen molar-refractivity contribution in [3.05, 3.63) is 65.3 Å². The summed E-state index contributed by atoms with van der Waals surface area (Å²) in [5.41, 5.74) is 1.76. The Morgan fingerprint density at radius 2 is 1.77 bits per heavy atom. The highest BCUT2D eigenvalue weighted by Gasteiger charge is 2.17. The first-order valence-electron chi connectivity index (χ1n) is 8.71. The lowest BCUT2D eigenvalue weighted by molar-refractivity contribution is -0.115. The minimum Gasteiger partial charge on any atom is -0.465 e. The van der Waals surface area contributed by atoms with Crippen molar-refractivity contribution in [3.63, 3.8) is 0 Å². The van der Waals surface area contributed by atoms with Gasteiger partial charge in [-0.25, -0.2) is 22.6 Å². The van der Waals surface area contributed by atoms with Crippen molar-refractivity contribution in [2.45, 2.75) is 11.3 Å². The number of hydrogen-bond acceptors (Lipinski definition) is 7. The lowest BCUT2D eigenvalue weighted by Gasteiger charge is -2.05. The van der Waals surface area contributed by atoms with E-state index >= 15 is 0 Å². The van der Waals surface area contributed by atoms with Crippen LogP contribution in [0.15, 0.2) is 58.8 Å². The standard InChI is InChI=1S/C20H17FN2O5S2/c1-28-19(25)14-4-2-13(3-5-14)17-12-29-20(22-17)23-18(24)10-11-30(26,27)16-8-6-15(21)7-9-16/h2-9,12H,10-11H2,1H3,(H,22,23,24).